The average Bonchev–Trinajstić information content (AvgIpc) is 3.17. The Hall–Kier alpha value is -1.27. The summed E-state index contributed by atoms with van der Waals surface area (Å²) >= 11 is 1.53. The maximum atomic E-state index is 12.2. The molecule has 2 heterocycles. The van der Waals surface area contributed by atoms with Crippen LogP contribution >= 0.6 is 11.3 Å². The summed E-state index contributed by atoms with van der Waals surface area (Å²) in [6.45, 7) is 5.43. The molecule has 1 aliphatic carbocycles. The zero-order chi connectivity index (χ0) is 15.0. The number of rotatable bonds is 3. The van der Waals surface area contributed by atoms with Gasteiger partial charge in [-0.25, -0.2) is 0 Å². The van der Waals surface area contributed by atoms with E-state index in [2.05, 4.69) is 29.1 Å². The van der Waals surface area contributed by atoms with Crippen molar-refractivity contribution in [1.82, 2.24) is 10.2 Å². The number of hydrogen-bond donors (Lipinski definition) is 2. The van der Waals surface area contributed by atoms with Crippen LogP contribution in [-0.2, 0) is 0 Å². The van der Waals surface area contributed by atoms with Crippen molar-refractivity contribution in [3.05, 3.63) is 10.9 Å². The molecule has 0 radical (unpaired) electrons. The molecule has 1 aromatic rings. The van der Waals surface area contributed by atoms with E-state index in [0.29, 0.717) is 22.6 Å². The highest BCUT2D eigenvalue weighted by Crippen LogP contribution is 2.34. The SMILES string of the molecule is CC1CN(C)CCCN1c1cc(N)c(C(=O)NC2CC2)s1. The summed E-state index contributed by atoms with van der Waals surface area (Å²) in [6.07, 6.45) is 3.33. The average molecular weight is 308 g/mol. The van der Waals surface area contributed by atoms with Gasteiger partial charge in [0.2, 0.25) is 0 Å². The summed E-state index contributed by atoms with van der Waals surface area (Å²) in [6, 6.07) is 2.77. The van der Waals surface area contributed by atoms with E-state index in [-0.39, 0.29) is 5.91 Å². The van der Waals surface area contributed by atoms with Crippen LogP contribution in [0.4, 0.5) is 10.7 Å². The zero-order valence-electron chi connectivity index (χ0n) is 12.8. The van der Waals surface area contributed by atoms with Crippen LogP contribution in [0.25, 0.3) is 0 Å². The first-order valence-electron chi connectivity index (χ1n) is 7.70. The normalized spacial score (nSPS) is 23.9. The molecule has 1 aliphatic heterocycles. The summed E-state index contributed by atoms with van der Waals surface area (Å²) in [5, 5.41) is 4.14. The zero-order valence-corrected chi connectivity index (χ0v) is 13.6. The lowest BCUT2D eigenvalue weighted by Gasteiger charge is -2.28. The van der Waals surface area contributed by atoms with E-state index in [9.17, 15) is 4.79 Å². The summed E-state index contributed by atoms with van der Waals surface area (Å²) < 4.78 is 0. The molecule has 0 spiro atoms. The number of nitrogens with zero attached hydrogens (tertiary/aromatic N) is 2. The number of thiophene rings is 1. The van der Waals surface area contributed by atoms with Gasteiger partial charge in [-0.05, 0) is 45.8 Å². The third kappa shape index (κ3) is 3.32. The molecule has 2 fully saturated rings. The Balaban J connectivity index is 1.77. The molecule has 0 aromatic carbocycles. The first-order valence-corrected chi connectivity index (χ1v) is 8.51. The lowest BCUT2D eigenvalue weighted by molar-refractivity contribution is 0.0956. The number of hydrogen-bond acceptors (Lipinski definition) is 5. The molecule has 116 valence electrons. The molecule has 21 heavy (non-hydrogen) atoms. The lowest BCUT2D eigenvalue weighted by Crippen LogP contribution is -2.37. The molecule has 2 aliphatic rings. The van der Waals surface area contributed by atoms with E-state index in [1.54, 1.807) is 0 Å². The van der Waals surface area contributed by atoms with Gasteiger partial charge in [0.1, 0.15) is 4.88 Å². The van der Waals surface area contributed by atoms with Crippen LogP contribution in [0.2, 0.25) is 0 Å². The van der Waals surface area contributed by atoms with E-state index < -0.39 is 0 Å². The second kappa shape index (κ2) is 5.85. The molecule has 3 N–H and O–H groups in total. The van der Waals surface area contributed by atoms with Gasteiger partial charge in [-0.3, -0.25) is 4.79 Å². The van der Waals surface area contributed by atoms with Gasteiger partial charge < -0.3 is 20.9 Å². The number of nitrogen functional groups attached to an aromatic ring is 1. The van der Waals surface area contributed by atoms with Crippen LogP contribution in [0.1, 0.15) is 35.9 Å². The Morgan fingerprint density at radius 1 is 1.43 bits per heavy atom. The molecule has 1 aromatic heterocycles. The molecule has 0 bridgehead atoms. The van der Waals surface area contributed by atoms with Crippen molar-refractivity contribution in [3.63, 3.8) is 0 Å². The number of carbonyl (C=O) groups is 1. The van der Waals surface area contributed by atoms with Gasteiger partial charge in [-0.1, -0.05) is 0 Å². The lowest BCUT2D eigenvalue weighted by atomic mass is 10.2. The molecular weight excluding hydrogens is 284 g/mol. The first kappa shape index (κ1) is 14.7. The monoisotopic (exact) mass is 308 g/mol. The van der Waals surface area contributed by atoms with Crippen molar-refractivity contribution >= 4 is 27.9 Å². The van der Waals surface area contributed by atoms with E-state index >= 15 is 0 Å². The van der Waals surface area contributed by atoms with Crippen molar-refractivity contribution in [2.75, 3.05) is 37.3 Å². The van der Waals surface area contributed by atoms with Crippen LogP contribution in [0.15, 0.2) is 6.07 Å². The van der Waals surface area contributed by atoms with Gasteiger partial charge in [0.05, 0.1) is 10.7 Å². The second-order valence-electron chi connectivity index (χ2n) is 6.28. The minimum atomic E-state index is -0.00848. The Bertz CT molecular complexity index is 526. The highest BCUT2D eigenvalue weighted by molar-refractivity contribution is 7.18. The highest BCUT2D eigenvalue weighted by atomic mass is 32.1. The summed E-state index contributed by atoms with van der Waals surface area (Å²) in [7, 11) is 2.16. The quantitative estimate of drug-likeness (QED) is 0.893. The minimum absolute atomic E-state index is 0.00848. The first-order chi connectivity index (χ1) is 10.0. The Morgan fingerprint density at radius 3 is 2.90 bits per heavy atom. The molecular formula is C15H24N4OS. The number of likely N-dealkylation sites (N-methyl/N-ethyl adjacent to an activating group) is 1. The number of amides is 1. The second-order valence-corrected chi connectivity index (χ2v) is 7.31. The van der Waals surface area contributed by atoms with Gasteiger partial charge in [0.25, 0.3) is 5.91 Å². The molecule has 1 saturated heterocycles. The Morgan fingerprint density at radius 2 is 2.19 bits per heavy atom. The third-order valence-corrected chi connectivity index (χ3v) is 5.38. The highest BCUT2D eigenvalue weighted by Gasteiger charge is 2.27. The predicted molar refractivity (Wildman–Crippen MR) is 88.1 cm³/mol. The van der Waals surface area contributed by atoms with Crippen molar-refractivity contribution in [1.29, 1.82) is 0 Å². The van der Waals surface area contributed by atoms with Crippen LogP contribution in [-0.4, -0.2) is 49.6 Å². The summed E-state index contributed by atoms with van der Waals surface area (Å²) in [4.78, 5) is 17.6. The van der Waals surface area contributed by atoms with E-state index in [0.717, 1.165) is 43.9 Å². The number of carbonyl (C=O) groups excluding carboxylic acids is 1. The molecule has 6 heteroatoms. The molecule has 1 atom stereocenters. The summed E-state index contributed by atoms with van der Waals surface area (Å²) in [5.74, 6) is -0.00848. The van der Waals surface area contributed by atoms with Crippen LogP contribution in [0.5, 0.6) is 0 Å². The van der Waals surface area contributed by atoms with E-state index in [1.165, 1.54) is 11.3 Å². The van der Waals surface area contributed by atoms with Gasteiger partial charge >= 0.3 is 0 Å². The van der Waals surface area contributed by atoms with Crippen LogP contribution < -0.4 is 16.0 Å². The van der Waals surface area contributed by atoms with E-state index in [4.69, 9.17) is 5.73 Å². The van der Waals surface area contributed by atoms with Crippen molar-refractivity contribution in [2.24, 2.45) is 0 Å². The van der Waals surface area contributed by atoms with Crippen LogP contribution in [0.3, 0.4) is 0 Å². The van der Waals surface area contributed by atoms with Crippen LogP contribution in [0, 0.1) is 0 Å². The van der Waals surface area contributed by atoms with Crippen molar-refractivity contribution in [2.45, 2.75) is 38.3 Å². The summed E-state index contributed by atoms with van der Waals surface area (Å²) in [5.41, 5.74) is 6.68. The van der Waals surface area contributed by atoms with Crippen molar-refractivity contribution in [3.8, 4) is 0 Å². The topological polar surface area (TPSA) is 61.6 Å². The maximum absolute atomic E-state index is 12.2. The molecule has 1 saturated carbocycles. The van der Waals surface area contributed by atoms with Gasteiger partial charge in [0.15, 0.2) is 0 Å². The smallest absolute Gasteiger partial charge is 0.263 e. The number of nitrogens with two attached hydrogens (primary N) is 1. The fraction of sp³-hybridized carbons (Fsp3) is 0.667. The fourth-order valence-electron chi connectivity index (χ4n) is 2.89. The number of nitrogens with one attached hydrogen (secondary N) is 1. The maximum Gasteiger partial charge on any atom is 0.263 e. The molecule has 1 amide bonds. The van der Waals surface area contributed by atoms with Gasteiger partial charge in [-0.15, -0.1) is 11.3 Å². The number of anilines is 2. The van der Waals surface area contributed by atoms with Gasteiger partial charge in [0, 0.05) is 25.2 Å². The predicted octanol–water partition coefficient (Wildman–Crippen LogP) is 1.75. The molecule has 3 rings (SSSR count). The third-order valence-electron chi connectivity index (χ3n) is 4.20. The molecule has 1 unspecified atom stereocenters. The van der Waals surface area contributed by atoms with Crippen molar-refractivity contribution < 1.29 is 4.79 Å². The Labute approximate surface area is 130 Å². The Kier molecular flexibility index (Phi) is 4.08. The molecule has 5 nitrogen and oxygen atoms in total. The fourth-order valence-corrected chi connectivity index (χ4v) is 4.00. The largest absolute Gasteiger partial charge is 0.397 e. The minimum Gasteiger partial charge on any atom is -0.397 e. The van der Waals surface area contributed by atoms with E-state index in [1.807, 2.05) is 6.07 Å². The van der Waals surface area contributed by atoms with Gasteiger partial charge in [-0.2, -0.15) is 0 Å². The standard InChI is InChI=1S/C15H24N4OS/c1-10-9-18(2)6-3-7-19(10)13-8-12(16)14(21-13)15(20)17-11-4-5-11/h8,10-11H,3-7,9,16H2,1-2H3,(H,17,20).